The first kappa shape index (κ1) is 15.4. The molecular weight excluding hydrogens is 285 g/mol. The molecule has 0 aliphatic carbocycles. The van der Waals surface area contributed by atoms with E-state index in [9.17, 15) is 14.3 Å². The van der Waals surface area contributed by atoms with Gasteiger partial charge in [0, 0.05) is 31.9 Å². The molecule has 1 amide bonds. The highest BCUT2D eigenvalue weighted by Crippen LogP contribution is 2.22. The molecule has 2 aliphatic rings. The van der Waals surface area contributed by atoms with E-state index in [1.54, 1.807) is 4.90 Å². The van der Waals surface area contributed by atoms with Gasteiger partial charge in [-0.15, -0.1) is 0 Å². The van der Waals surface area contributed by atoms with Crippen molar-refractivity contribution in [3.05, 3.63) is 29.8 Å². The Morgan fingerprint density at radius 3 is 2.68 bits per heavy atom. The predicted octanol–water partition coefficient (Wildman–Crippen LogP) is 1.28. The topological polar surface area (TPSA) is 56.7 Å². The molecule has 0 spiro atoms. The maximum atomic E-state index is 13.2. The van der Waals surface area contributed by atoms with Crippen molar-refractivity contribution in [2.75, 3.05) is 26.2 Å². The number of piperidine rings is 2. The minimum Gasteiger partial charge on any atom is -0.392 e. The molecule has 5 nitrogen and oxygen atoms in total. The highest BCUT2D eigenvalue weighted by atomic mass is 19.1. The number of aliphatic hydroxyl groups excluding tert-OH is 1. The van der Waals surface area contributed by atoms with Crippen molar-refractivity contribution in [1.29, 1.82) is 0 Å². The summed E-state index contributed by atoms with van der Waals surface area (Å²) in [7, 11) is 0. The van der Waals surface area contributed by atoms with Gasteiger partial charge in [0.05, 0.1) is 17.9 Å². The molecule has 1 unspecified atom stereocenters. The third-order valence-electron chi connectivity index (χ3n) is 4.65. The Bertz CT molecular complexity index is 532. The number of carbonyl (C=O) groups is 1. The number of carbonyl (C=O) groups excluding carboxylic acids is 1. The van der Waals surface area contributed by atoms with Gasteiger partial charge in [-0.1, -0.05) is 0 Å². The molecule has 22 heavy (non-hydrogen) atoms. The molecule has 1 aromatic rings. The van der Waals surface area contributed by atoms with Crippen LogP contribution in [0.3, 0.4) is 0 Å². The molecule has 3 rings (SSSR count). The number of pyridine rings is 1. The zero-order valence-electron chi connectivity index (χ0n) is 12.6. The van der Waals surface area contributed by atoms with Crippen LogP contribution in [-0.2, 0) is 0 Å². The highest BCUT2D eigenvalue weighted by molar-refractivity contribution is 5.93. The van der Waals surface area contributed by atoms with Crippen LogP contribution in [0.4, 0.5) is 4.39 Å². The standard InChI is InChI=1S/C16H22FN3O2/c17-13-8-12(9-18-10-13)16(22)19-6-3-14(4-7-19)20-5-1-2-15(21)11-20/h8-10,14-15,21H,1-7,11H2. The summed E-state index contributed by atoms with van der Waals surface area (Å²) in [4.78, 5) is 20.2. The number of aromatic nitrogens is 1. The lowest BCUT2D eigenvalue weighted by Crippen LogP contribution is -2.50. The van der Waals surface area contributed by atoms with Gasteiger partial charge in [0.2, 0.25) is 0 Å². The Labute approximate surface area is 129 Å². The molecule has 2 aliphatic heterocycles. The number of hydrogen-bond donors (Lipinski definition) is 1. The van der Waals surface area contributed by atoms with E-state index in [-0.39, 0.29) is 12.0 Å². The number of likely N-dealkylation sites (tertiary alicyclic amines) is 2. The molecule has 0 aromatic carbocycles. The maximum Gasteiger partial charge on any atom is 0.255 e. The van der Waals surface area contributed by atoms with Crippen LogP contribution in [0.25, 0.3) is 0 Å². The number of amides is 1. The lowest BCUT2D eigenvalue weighted by atomic mass is 9.98. The Morgan fingerprint density at radius 2 is 2.00 bits per heavy atom. The summed E-state index contributed by atoms with van der Waals surface area (Å²) in [5.74, 6) is -0.632. The first-order valence-corrected chi connectivity index (χ1v) is 7.95. The Morgan fingerprint density at radius 1 is 1.23 bits per heavy atom. The summed E-state index contributed by atoms with van der Waals surface area (Å²) in [6.07, 6.45) is 6.04. The fourth-order valence-electron chi connectivity index (χ4n) is 3.46. The van der Waals surface area contributed by atoms with Gasteiger partial charge >= 0.3 is 0 Å². The van der Waals surface area contributed by atoms with Crippen LogP contribution in [0.1, 0.15) is 36.0 Å². The SMILES string of the molecule is O=C(c1cncc(F)c1)N1CCC(N2CCCC(O)C2)CC1. The van der Waals surface area contributed by atoms with Crippen LogP contribution in [0, 0.1) is 5.82 Å². The van der Waals surface area contributed by atoms with Crippen LogP contribution >= 0.6 is 0 Å². The van der Waals surface area contributed by atoms with Gasteiger partial charge < -0.3 is 10.0 Å². The van der Waals surface area contributed by atoms with E-state index in [4.69, 9.17) is 0 Å². The van der Waals surface area contributed by atoms with Gasteiger partial charge in [-0.25, -0.2) is 4.39 Å². The predicted molar refractivity (Wildman–Crippen MR) is 79.9 cm³/mol. The van der Waals surface area contributed by atoms with Crippen LogP contribution in [0.2, 0.25) is 0 Å². The Balaban J connectivity index is 1.56. The van der Waals surface area contributed by atoms with Gasteiger partial charge in [0.15, 0.2) is 0 Å². The number of nitrogens with zero attached hydrogens (tertiary/aromatic N) is 3. The van der Waals surface area contributed by atoms with Crippen molar-refractivity contribution in [2.24, 2.45) is 0 Å². The summed E-state index contributed by atoms with van der Waals surface area (Å²) >= 11 is 0. The van der Waals surface area contributed by atoms with Crippen LogP contribution in [0.15, 0.2) is 18.5 Å². The molecule has 120 valence electrons. The van der Waals surface area contributed by atoms with Crippen molar-refractivity contribution in [2.45, 2.75) is 37.8 Å². The first-order valence-electron chi connectivity index (χ1n) is 7.95. The van der Waals surface area contributed by atoms with Gasteiger partial charge in [-0.05, 0) is 38.3 Å². The molecule has 1 N–H and O–H groups in total. The third kappa shape index (κ3) is 3.44. The monoisotopic (exact) mass is 307 g/mol. The summed E-state index contributed by atoms with van der Waals surface area (Å²) in [6, 6.07) is 1.67. The third-order valence-corrected chi connectivity index (χ3v) is 4.65. The molecule has 2 fully saturated rings. The quantitative estimate of drug-likeness (QED) is 0.894. The van der Waals surface area contributed by atoms with E-state index < -0.39 is 5.82 Å². The lowest BCUT2D eigenvalue weighted by molar-refractivity contribution is 0.0240. The van der Waals surface area contributed by atoms with E-state index in [2.05, 4.69) is 9.88 Å². The second-order valence-electron chi connectivity index (χ2n) is 6.21. The van der Waals surface area contributed by atoms with Gasteiger partial charge in [-0.2, -0.15) is 0 Å². The van der Waals surface area contributed by atoms with E-state index in [0.29, 0.717) is 24.7 Å². The van der Waals surface area contributed by atoms with Crippen molar-refractivity contribution >= 4 is 5.91 Å². The maximum absolute atomic E-state index is 13.2. The molecule has 1 aromatic heterocycles. The smallest absolute Gasteiger partial charge is 0.255 e. The molecule has 0 bridgehead atoms. The van der Waals surface area contributed by atoms with Crippen molar-refractivity contribution in [1.82, 2.24) is 14.8 Å². The first-order chi connectivity index (χ1) is 10.6. The highest BCUT2D eigenvalue weighted by Gasteiger charge is 2.30. The van der Waals surface area contributed by atoms with E-state index in [0.717, 1.165) is 45.0 Å². The largest absolute Gasteiger partial charge is 0.392 e. The number of hydrogen-bond acceptors (Lipinski definition) is 4. The average molecular weight is 307 g/mol. The normalized spacial score (nSPS) is 24.5. The fourth-order valence-corrected chi connectivity index (χ4v) is 3.46. The minimum absolute atomic E-state index is 0.149. The van der Waals surface area contributed by atoms with Gasteiger partial charge in [0.25, 0.3) is 5.91 Å². The molecule has 3 heterocycles. The van der Waals surface area contributed by atoms with Crippen molar-refractivity contribution in [3.8, 4) is 0 Å². The van der Waals surface area contributed by atoms with E-state index in [1.165, 1.54) is 12.3 Å². The molecule has 1 atom stereocenters. The second-order valence-corrected chi connectivity index (χ2v) is 6.21. The Kier molecular flexibility index (Phi) is 4.69. The number of aliphatic hydroxyl groups is 1. The number of β-amino-alcohol motifs (C(OH)–C–C–N with tert-alkyl or cyclic N) is 1. The summed E-state index contributed by atoms with van der Waals surface area (Å²) < 4.78 is 13.2. The Hall–Kier alpha value is -1.53. The lowest BCUT2D eigenvalue weighted by Gasteiger charge is -2.41. The summed E-state index contributed by atoms with van der Waals surface area (Å²) in [6.45, 7) is 3.12. The van der Waals surface area contributed by atoms with Crippen LogP contribution in [-0.4, -0.2) is 64.1 Å². The fraction of sp³-hybridized carbons (Fsp3) is 0.625. The van der Waals surface area contributed by atoms with E-state index >= 15 is 0 Å². The molecule has 0 radical (unpaired) electrons. The molecular formula is C16H22FN3O2. The zero-order chi connectivity index (χ0) is 15.5. The number of rotatable bonds is 2. The van der Waals surface area contributed by atoms with Crippen LogP contribution < -0.4 is 0 Å². The second kappa shape index (κ2) is 6.71. The molecule has 2 saturated heterocycles. The van der Waals surface area contributed by atoms with Gasteiger partial charge in [0.1, 0.15) is 5.82 Å². The summed E-state index contributed by atoms with van der Waals surface area (Å²) in [5.41, 5.74) is 0.312. The molecule has 6 heteroatoms. The zero-order valence-corrected chi connectivity index (χ0v) is 12.6. The van der Waals surface area contributed by atoms with Crippen molar-refractivity contribution < 1.29 is 14.3 Å². The molecule has 0 saturated carbocycles. The van der Waals surface area contributed by atoms with Gasteiger partial charge in [-0.3, -0.25) is 14.7 Å². The average Bonchev–Trinajstić information content (AvgIpc) is 2.54. The van der Waals surface area contributed by atoms with Crippen LogP contribution in [0.5, 0.6) is 0 Å². The minimum atomic E-state index is -0.483. The van der Waals surface area contributed by atoms with E-state index in [1.807, 2.05) is 0 Å². The van der Waals surface area contributed by atoms with Crippen molar-refractivity contribution in [3.63, 3.8) is 0 Å². The summed E-state index contributed by atoms with van der Waals surface area (Å²) in [5, 5.41) is 9.78. The number of halogens is 1.